The quantitative estimate of drug-likeness (QED) is 0.560. The number of halogens is 3. The Kier molecular flexibility index (Phi) is 6.85. The molecule has 3 N–H and O–H groups in total. The summed E-state index contributed by atoms with van der Waals surface area (Å²) in [7, 11) is -3.48. The first-order chi connectivity index (χ1) is 9.60. The number of hydrogen-bond acceptors (Lipinski definition) is 2. The second-order valence-corrected chi connectivity index (χ2v) is 7.10. The number of hydrogen-bond donors (Lipinski definition) is 1. The molecule has 1 fully saturated rings. The monoisotopic (exact) mass is 383 g/mol. The van der Waals surface area contributed by atoms with Gasteiger partial charge in [0.05, 0.1) is 36.6 Å². The number of nitrogens with two attached hydrogens (primary N) is 1. The SMILES string of the molecule is O=S(=O)(c1c[nH+]cc2c(Cl)cccc12)N1CC[NH2+]CC1.[Cl-].[Cl-]. The lowest BCUT2D eigenvalue weighted by atomic mass is 10.2. The van der Waals surface area contributed by atoms with Crippen LogP contribution in [-0.4, -0.2) is 38.9 Å². The fraction of sp³-hybridized carbons (Fsp3) is 0.308. The minimum absolute atomic E-state index is 0. The molecule has 0 unspecified atom stereocenters. The van der Waals surface area contributed by atoms with Crippen LogP contribution in [0.4, 0.5) is 0 Å². The van der Waals surface area contributed by atoms with Crippen LogP contribution in [0.5, 0.6) is 0 Å². The van der Waals surface area contributed by atoms with Gasteiger partial charge in [-0.05, 0) is 6.07 Å². The van der Waals surface area contributed by atoms with Crippen molar-refractivity contribution in [3.05, 3.63) is 35.6 Å². The number of aromatic nitrogens is 1. The summed E-state index contributed by atoms with van der Waals surface area (Å²) in [5.74, 6) is 0. The predicted octanol–water partition coefficient (Wildman–Crippen LogP) is -6.12. The van der Waals surface area contributed by atoms with Gasteiger partial charge < -0.3 is 30.1 Å². The van der Waals surface area contributed by atoms with Crippen LogP contribution >= 0.6 is 11.6 Å². The zero-order valence-corrected chi connectivity index (χ0v) is 14.7. The van der Waals surface area contributed by atoms with Crippen LogP contribution in [0.3, 0.4) is 0 Å². The second-order valence-electron chi connectivity index (χ2n) is 4.79. The van der Waals surface area contributed by atoms with Gasteiger partial charge in [0.15, 0.2) is 17.3 Å². The Morgan fingerprint density at radius 3 is 2.45 bits per heavy atom. The number of pyridine rings is 1. The number of benzene rings is 1. The van der Waals surface area contributed by atoms with Gasteiger partial charge in [0.25, 0.3) is 0 Å². The summed E-state index contributed by atoms with van der Waals surface area (Å²) in [5, 5.41) is 4.05. The predicted molar refractivity (Wildman–Crippen MR) is 75.9 cm³/mol. The van der Waals surface area contributed by atoms with Crippen molar-refractivity contribution in [1.82, 2.24) is 4.31 Å². The Hall–Kier alpha value is -0.630. The third-order valence-electron chi connectivity index (χ3n) is 3.54. The van der Waals surface area contributed by atoms with Gasteiger partial charge in [-0.15, -0.1) is 0 Å². The van der Waals surface area contributed by atoms with Crippen molar-refractivity contribution in [1.29, 1.82) is 0 Å². The Morgan fingerprint density at radius 2 is 1.77 bits per heavy atom. The molecule has 0 atom stereocenters. The molecule has 1 aliphatic heterocycles. The number of piperazine rings is 1. The van der Waals surface area contributed by atoms with Crippen molar-refractivity contribution in [2.75, 3.05) is 26.2 Å². The highest BCUT2D eigenvalue weighted by Crippen LogP contribution is 2.28. The van der Waals surface area contributed by atoms with Gasteiger partial charge in [-0.25, -0.2) is 13.4 Å². The number of sulfonamides is 1. The normalized spacial score (nSPS) is 15.9. The molecule has 22 heavy (non-hydrogen) atoms. The zero-order chi connectivity index (χ0) is 14.2. The Bertz CT molecular complexity index is 749. The first-order valence-corrected chi connectivity index (χ1v) is 8.32. The van der Waals surface area contributed by atoms with Gasteiger partial charge in [-0.3, -0.25) is 0 Å². The van der Waals surface area contributed by atoms with Crippen molar-refractivity contribution >= 4 is 32.4 Å². The highest BCUT2D eigenvalue weighted by Gasteiger charge is 2.30. The van der Waals surface area contributed by atoms with E-state index in [1.54, 1.807) is 24.4 Å². The van der Waals surface area contributed by atoms with Crippen molar-refractivity contribution in [3.63, 3.8) is 0 Å². The molecule has 9 heteroatoms. The molecule has 122 valence electrons. The number of aromatic amines is 1. The number of rotatable bonds is 2. The van der Waals surface area contributed by atoms with E-state index < -0.39 is 10.0 Å². The highest BCUT2D eigenvalue weighted by molar-refractivity contribution is 7.89. The minimum Gasteiger partial charge on any atom is -1.00 e. The van der Waals surface area contributed by atoms with Gasteiger partial charge in [0.2, 0.25) is 10.0 Å². The van der Waals surface area contributed by atoms with Crippen LogP contribution in [0.15, 0.2) is 35.5 Å². The van der Waals surface area contributed by atoms with E-state index in [1.807, 2.05) is 0 Å². The average Bonchev–Trinajstić information content (AvgIpc) is 2.48. The Labute approximate surface area is 146 Å². The fourth-order valence-corrected chi connectivity index (χ4v) is 4.37. The van der Waals surface area contributed by atoms with Crippen LogP contribution in [0, 0.1) is 0 Å². The molecule has 1 aromatic carbocycles. The number of H-pyrrole nitrogens is 1. The number of quaternary nitrogens is 1. The average molecular weight is 385 g/mol. The number of fused-ring (bicyclic) bond motifs is 1. The van der Waals surface area contributed by atoms with Crippen molar-refractivity contribution < 1.29 is 43.5 Å². The molecule has 0 bridgehead atoms. The van der Waals surface area contributed by atoms with Crippen LogP contribution in [0.25, 0.3) is 10.8 Å². The van der Waals surface area contributed by atoms with Gasteiger partial charge in [0.1, 0.15) is 0 Å². The van der Waals surface area contributed by atoms with E-state index >= 15 is 0 Å². The van der Waals surface area contributed by atoms with Crippen molar-refractivity contribution in [2.45, 2.75) is 4.90 Å². The molecule has 0 amide bonds. The summed E-state index contributed by atoms with van der Waals surface area (Å²) in [4.78, 5) is 3.18. The maximum Gasteiger partial charge on any atom is 0.250 e. The number of nitrogens with zero attached hydrogens (tertiary/aromatic N) is 1. The minimum atomic E-state index is -3.48. The molecular formula is C13H16Cl3N3O2S. The molecule has 1 saturated heterocycles. The third-order valence-corrected chi connectivity index (χ3v) is 5.81. The molecule has 3 rings (SSSR count). The van der Waals surface area contributed by atoms with Crippen LogP contribution in [-0.2, 0) is 10.0 Å². The largest absolute Gasteiger partial charge is 1.00 e. The van der Waals surface area contributed by atoms with Gasteiger partial charge in [-0.1, -0.05) is 23.7 Å². The molecule has 0 aliphatic carbocycles. The van der Waals surface area contributed by atoms with Crippen LogP contribution in [0.1, 0.15) is 0 Å². The van der Waals surface area contributed by atoms with E-state index in [2.05, 4.69) is 10.3 Å². The molecule has 2 aromatic rings. The van der Waals surface area contributed by atoms with E-state index in [9.17, 15) is 8.42 Å². The smallest absolute Gasteiger partial charge is 0.250 e. The third kappa shape index (κ3) is 3.48. The molecule has 0 radical (unpaired) electrons. The molecule has 0 spiro atoms. The summed E-state index contributed by atoms with van der Waals surface area (Å²) < 4.78 is 27.1. The molecule has 1 aliphatic rings. The van der Waals surface area contributed by atoms with Gasteiger partial charge >= 0.3 is 0 Å². The van der Waals surface area contributed by atoms with Gasteiger partial charge in [-0.2, -0.15) is 4.31 Å². The summed E-state index contributed by atoms with van der Waals surface area (Å²) in [6, 6.07) is 5.32. The number of nitrogens with one attached hydrogen (secondary N) is 1. The fourth-order valence-electron chi connectivity index (χ4n) is 2.50. The topological polar surface area (TPSA) is 68.1 Å². The molecule has 0 saturated carbocycles. The van der Waals surface area contributed by atoms with E-state index in [-0.39, 0.29) is 24.8 Å². The van der Waals surface area contributed by atoms with E-state index in [1.165, 1.54) is 10.5 Å². The maximum atomic E-state index is 12.8. The summed E-state index contributed by atoms with van der Waals surface area (Å²) in [5.41, 5.74) is 0. The molecule has 2 heterocycles. The zero-order valence-electron chi connectivity index (χ0n) is 11.6. The summed E-state index contributed by atoms with van der Waals surface area (Å²) >= 11 is 6.13. The summed E-state index contributed by atoms with van der Waals surface area (Å²) in [6.07, 6.45) is 3.26. The lowest BCUT2D eigenvalue weighted by Gasteiger charge is -2.24. The van der Waals surface area contributed by atoms with Crippen LogP contribution < -0.4 is 35.1 Å². The van der Waals surface area contributed by atoms with Crippen molar-refractivity contribution in [2.24, 2.45) is 0 Å². The summed E-state index contributed by atoms with van der Waals surface area (Å²) in [6.45, 7) is 2.68. The molecular weight excluding hydrogens is 369 g/mol. The first kappa shape index (κ1) is 19.4. The second kappa shape index (κ2) is 7.77. The van der Waals surface area contributed by atoms with Gasteiger partial charge in [0, 0.05) is 5.39 Å². The molecule has 1 aromatic heterocycles. The highest BCUT2D eigenvalue weighted by atomic mass is 35.5. The lowest BCUT2D eigenvalue weighted by Crippen LogP contribution is -3.00. The Morgan fingerprint density at radius 1 is 1.09 bits per heavy atom. The van der Waals surface area contributed by atoms with E-state index in [0.29, 0.717) is 28.4 Å². The van der Waals surface area contributed by atoms with E-state index in [0.717, 1.165) is 18.5 Å². The van der Waals surface area contributed by atoms with Crippen molar-refractivity contribution in [3.8, 4) is 0 Å². The van der Waals surface area contributed by atoms with E-state index in [4.69, 9.17) is 11.6 Å². The Balaban J connectivity index is 0.00000121. The maximum absolute atomic E-state index is 12.8. The first-order valence-electron chi connectivity index (χ1n) is 6.51. The standard InChI is InChI=1S/C13H14ClN3O2S.2ClH/c14-12-3-1-2-10-11(12)8-16-9-13(10)20(18,19)17-6-4-15-5-7-17;;/h1-3,8-9,15H,4-7H2;2*1H. The molecule has 5 nitrogen and oxygen atoms in total. The lowest BCUT2D eigenvalue weighted by molar-refractivity contribution is -0.661. The van der Waals surface area contributed by atoms with Crippen LogP contribution in [0.2, 0.25) is 5.02 Å².